The molecule has 0 unspecified atom stereocenters. The third-order valence-corrected chi connectivity index (χ3v) is 7.23. The van der Waals surface area contributed by atoms with E-state index >= 15 is 0 Å². The molecule has 184 valence electrons. The molecule has 0 spiro atoms. The van der Waals surface area contributed by atoms with Gasteiger partial charge in [0.05, 0.1) is 22.6 Å². The zero-order valence-corrected chi connectivity index (χ0v) is 21.4. The van der Waals surface area contributed by atoms with Crippen LogP contribution in [0.15, 0.2) is 152 Å². The average molecular weight is 499 g/mol. The summed E-state index contributed by atoms with van der Waals surface area (Å²) in [4.78, 5) is 9.42. The molecule has 0 aliphatic rings. The summed E-state index contributed by atoms with van der Waals surface area (Å²) in [5, 5.41) is 1.13. The van der Waals surface area contributed by atoms with Gasteiger partial charge >= 0.3 is 0 Å². The number of aromatic nitrogens is 2. The number of fused-ring (bicyclic) bond motifs is 1. The molecule has 39 heavy (non-hydrogen) atoms. The van der Waals surface area contributed by atoms with E-state index in [1.165, 1.54) is 5.56 Å². The number of H-pyrrole nitrogens is 1. The number of nitrogens with zero attached hydrogens (tertiary/aromatic N) is 1. The monoisotopic (exact) mass is 498 g/mol. The summed E-state index contributed by atoms with van der Waals surface area (Å²) in [7, 11) is 0. The predicted molar refractivity (Wildman–Crippen MR) is 163 cm³/mol. The lowest BCUT2D eigenvalue weighted by molar-refractivity contribution is 1.34. The van der Waals surface area contributed by atoms with E-state index in [-0.39, 0.29) is 0 Å². The van der Waals surface area contributed by atoms with Gasteiger partial charge in [-0.15, -0.1) is 0 Å². The van der Waals surface area contributed by atoms with Crippen molar-refractivity contribution in [1.29, 1.82) is 0 Å². The first-order valence-electron chi connectivity index (χ1n) is 13.3. The van der Waals surface area contributed by atoms with Gasteiger partial charge in [0.25, 0.3) is 0 Å². The Morgan fingerprint density at radius 3 is 1.23 bits per heavy atom. The molecule has 7 aromatic rings. The third-order valence-electron chi connectivity index (χ3n) is 7.23. The standard InChI is InChI=1S/C37H26N2/c1-6-16-26(17-7-1)31-33-36(30-24-14-5-15-25-30)38-35(29-22-12-4-13-23-29)32(27-18-8-2-9-19-27)37(33)39-34(31)28-20-10-3-11-21-28/h1-25,39H. The molecule has 5 aromatic carbocycles. The average Bonchev–Trinajstić information content (AvgIpc) is 3.43. The van der Waals surface area contributed by atoms with Crippen LogP contribution in [0.25, 0.3) is 66.9 Å². The Morgan fingerprint density at radius 1 is 0.359 bits per heavy atom. The Labute approximate surface area is 228 Å². The molecule has 0 fully saturated rings. The highest BCUT2D eigenvalue weighted by atomic mass is 14.8. The second-order valence-corrected chi connectivity index (χ2v) is 9.64. The van der Waals surface area contributed by atoms with Gasteiger partial charge in [-0.2, -0.15) is 0 Å². The van der Waals surface area contributed by atoms with Gasteiger partial charge in [-0.05, 0) is 16.7 Å². The first-order chi connectivity index (χ1) is 19.4. The molecular formula is C37H26N2. The number of hydrogen-bond donors (Lipinski definition) is 1. The summed E-state index contributed by atoms with van der Waals surface area (Å²) in [5.74, 6) is 0. The van der Waals surface area contributed by atoms with Crippen LogP contribution in [-0.2, 0) is 0 Å². The summed E-state index contributed by atoms with van der Waals surface area (Å²) < 4.78 is 0. The van der Waals surface area contributed by atoms with Gasteiger partial charge in [0.1, 0.15) is 0 Å². The Hall–Kier alpha value is -5.21. The molecule has 2 aromatic heterocycles. The Bertz CT molecular complexity index is 1860. The first kappa shape index (κ1) is 22.9. The van der Waals surface area contributed by atoms with Crippen molar-refractivity contribution in [1.82, 2.24) is 9.97 Å². The molecule has 0 aliphatic heterocycles. The van der Waals surface area contributed by atoms with E-state index in [4.69, 9.17) is 4.98 Å². The van der Waals surface area contributed by atoms with Gasteiger partial charge < -0.3 is 4.98 Å². The molecule has 2 nitrogen and oxygen atoms in total. The molecule has 2 heterocycles. The minimum Gasteiger partial charge on any atom is -0.353 e. The molecular weight excluding hydrogens is 472 g/mol. The van der Waals surface area contributed by atoms with Gasteiger partial charge in [0.15, 0.2) is 0 Å². The van der Waals surface area contributed by atoms with Crippen molar-refractivity contribution in [3.63, 3.8) is 0 Å². The van der Waals surface area contributed by atoms with Crippen LogP contribution in [0.5, 0.6) is 0 Å². The van der Waals surface area contributed by atoms with Crippen molar-refractivity contribution in [2.45, 2.75) is 0 Å². The SMILES string of the molecule is c1ccc(-c2nc(-c3ccccc3)c3c(-c4ccccc4)c(-c4ccccc4)[nH]c3c2-c2ccccc2)cc1. The molecule has 0 saturated heterocycles. The Kier molecular flexibility index (Phi) is 5.84. The molecule has 2 heteroatoms. The zero-order chi connectivity index (χ0) is 26.0. The van der Waals surface area contributed by atoms with Crippen LogP contribution < -0.4 is 0 Å². The van der Waals surface area contributed by atoms with E-state index in [2.05, 4.69) is 157 Å². The number of rotatable bonds is 5. The maximum absolute atomic E-state index is 5.49. The van der Waals surface area contributed by atoms with Crippen molar-refractivity contribution in [2.75, 3.05) is 0 Å². The predicted octanol–water partition coefficient (Wildman–Crippen LogP) is 9.90. The smallest absolute Gasteiger partial charge is 0.0810 e. The van der Waals surface area contributed by atoms with Gasteiger partial charge in [-0.25, -0.2) is 4.98 Å². The van der Waals surface area contributed by atoms with Crippen LogP contribution in [0.4, 0.5) is 0 Å². The second-order valence-electron chi connectivity index (χ2n) is 9.64. The largest absolute Gasteiger partial charge is 0.353 e. The number of aromatic amines is 1. The van der Waals surface area contributed by atoms with Gasteiger partial charge in [-0.1, -0.05) is 152 Å². The summed E-state index contributed by atoms with van der Waals surface area (Å²) in [6.45, 7) is 0. The highest BCUT2D eigenvalue weighted by Gasteiger charge is 2.25. The topological polar surface area (TPSA) is 28.7 Å². The van der Waals surface area contributed by atoms with Crippen LogP contribution >= 0.6 is 0 Å². The minimum absolute atomic E-state index is 0.966. The molecule has 0 saturated carbocycles. The van der Waals surface area contributed by atoms with Crippen molar-refractivity contribution in [2.24, 2.45) is 0 Å². The van der Waals surface area contributed by atoms with Gasteiger partial charge in [0, 0.05) is 27.6 Å². The molecule has 1 N–H and O–H groups in total. The fraction of sp³-hybridized carbons (Fsp3) is 0. The lowest BCUT2D eigenvalue weighted by Gasteiger charge is -2.16. The Morgan fingerprint density at radius 2 is 0.744 bits per heavy atom. The van der Waals surface area contributed by atoms with E-state index in [9.17, 15) is 0 Å². The third kappa shape index (κ3) is 4.13. The van der Waals surface area contributed by atoms with Gasteiger partial charge in [0.2, 0.25) is 0 Å². The lowest BCUT2D eigenvalue weighted by Crippen LogP contribution is -1.96. The highest BCUT2D eigenvalue weighted by Crippen LogP contribution is 2.47. The van der Waals surface area contributed by atoms with Crippen molar-refractivity contribution < 1.29 is 0 Å². The van der Waals surface area contributed by atoms with Crippen LogP contribution in [0.2, 0.25) is 0 Å². The summed E-state index contributed by atoms with van der Waals surface area (Å²) in [5.41, 5.74) is 12.0. The molecule has 0 aliphatic carbocycles. The number of hydrogen-bond acceptors (Lipinski definition) is 1. The van der Waals surface area contributed by atoms with Crippen LogP contribution in [-0.4, -0.2) is 9.97 Å². The van der Waals surface area contributed by atoms with Crippen LogP contribution in [0.1, 0.15) is 0 Å². The van der Waals surface area contributed by atoms with E-state index in [0.29, 0.717) is 0 Å². The van der Waals surface area contributed by atoms with E-state index < -0.39 is 0 Å². The fourth-order valence-corrected chi connectivity index (χ4v) is 5.48. The van der Waals surface area contributed by atoms with Gasteiger partial charge in [-0.3, -0.25) is 0 Å². The van der Waals surface area contributed by atoms with Crippen molar-refractivity contribution in [3.8, 4) is 56.0 Å². The zero-order valence-electron chi connectivity index (χ0n) is 21.4. The maximum Gasteiger partial charge on any atom is 0.0810 e. The van der Waals surface area contributed by atoms with E-state index in [1.807, 2.05) is 0 Å². The minimum atomic E-state index is 0.966. The lowest BCUT2D eigenvalue weighted by atomic mass is 9.91. The normalized spacial score (nSPS) is 11.1. The molecule has 0 radical (unpaired) electrons. The number of pyridine rings is 1. The molecule has 0 amide bonds. The quantitative estimate of drug-likeness (QED) is 0.251. The summed E-state index contributed by atoms with van der Waals surface area (Å²) >= 11 is 0. The van der Waals surface area contributed by atoms with Crippen molar-refractivity contribution in [3.05, 3.63) is 152 Å². The highest BCUT2D eigenvalue weighted by molar-refractivity contribution is 6.16. The summed E-state index contributed by atoms with van der Waals surface area (Å²) in [6, 6.07) is 52.9. The van der Waals surface area contributed by atoms with Crippen LogP contribution in [0.3, 0.4) is 0 Å². The van der Waals surface area contributed by atoms with E-state index in [1.54, 1.807) is 0 Å². The molecule has 7 rings (SSSR count). The Balaban J connectivity index is 1.71. The second kappa shape index (κ2) is 9.92. The maximum atomic E-state index is 5.49. The van der Waals surface area contributed by atoms with E-state index in [0.717, 1.165) is 61.4 Å². The number of nitrogens with one attached hydrogen (secondary N) is 1. The molecule has 0 atom stereocenters. The molecule has 0 bridgehead atoms. The first-order valence-corrected chi connectivity index (χ1v) is 13.3. The van der Waals surface area contributed by atoms with Crippen molar-refractivity contribution >= 4 is 10.9 Å². The van der Waals surface area contributed by atoms with Crippen LogP contribution in [0, 0.1) is 0 Å². The summed E-state index contributed by atoms with van der Waals surface area (Å²) in [6.07, 6.45) is 0. The number of benzene rings is 5. The fourth-order valence-electron chi connectivity index (χ4n) is 5.48.